The normalized spacial score (nSPS) is 11.0. The summed E-state index contributed by atoms with van der Waals surface area (Å²) in [6.45, 7) is 5.97. The first-order chi connectivity index (χ1) is 14.1. The van der Waals surface area contributed by atoms with E-state index in [2.05, 4.69) is 6.92 Å². The van der Waals surface area contributed by atoms with Gasteiger partial charge in [-0.25, -0.2) is 0 Å². The second kappa shape index (κ2) is 16.3. The van der Waals surface area contributed by atoms with E-state index in [9.17, 15) is 9.90 Å². The van der Waals surface area contributed by atoms with Crippen molar-refractivity contribution in [3.05, 3.63) is 23.3 Å². The lowest BCUT2D eigenvalue weighted by Crippen LogP contribution is -2.08. The topological polar surface area (TPSA) is 46.5 Å². The van der Waals surface area contributed by atoms with Crippen molar-refractivity contribution in [3.8, 4) is 11.5 Å². The number of carbonyl (C=O) groups is 1. The number of hydrogen-bond donors (Lipinski definition) is 1. The van der Waals surface area contributed by atoms with Gasteiger partial charge in [-0.15, -0.1) is 0 Å². The molecule has 0 fully saturated rings. The van der Waals surface area contributed by atoms with Crippen molar-refractivity contribution < 1.29 is 14.6 Å². The number of benzene rings is 1. The summed E-state index contributed by atoms with van der Waals surface area (Å²) in [5.41, 5.74) is 1.59. The summed E-state index contributed by atoms with van der Waals surface area (Å²) in [7, 11) is 0. The monoisotopic (exact) mass is 404 g/mol. The van der Waals surface area contributed by atoms with Crippen LogP contribution in [0.5, 0.6) is 11.5 Å². The molecule has 0 spiro atoms. The average Bonchev–Trinajstić information content (AvgIpc) is 2.71. The number of esters is 1. The Labute approximate surface area is 179 Å². The van der Waals surface area contributed by atoms with Crippen molar-refractivity contribution in [1.29, 1.82) is 0 Å². The second-order valence-corrected chi connectivity index (χ2v) is 8.51. The number of aromatic hydroxyl groups is 1. The molecule has 0 aromatic heterocycles. The molecule has 29 heavy (non-hydrogen) atoms. The summed E-state index contributed by atoms with van der Waals surface area (Å²) in [5, 5.41) is 9.67. The molecule has 3 heteroatoms. The van der Waals surface area contributed by atoms with E-state index in [0.29, 0.717) is 12.2 Å². The zero-order chi connectivity index (χ0) is 21.3. The largest absolute Gasteiger partial charge is 0.508 e. The van der Waals surface area contributed by atoms with Gasteiger partial charge >= 0.3 is 5.97 Å². The molecular formula is C26H44O3. The molecule has 1 aromatic carbocycles. The predicted octanol–water partition coefficient (Wildman–Crippen LogP) is 8.18. The Morgan fingerprint density at radius 3 is 1.66 bits per heavy atom. The molecule has 0 radical (unpaired) electrons. The van der Waals surface area contributed by atoms with Crippen LogP contribution in [-0.2, 0) is 4.79 Å². The molecule has 0 heterocycles. The Kier molecular flexibility index (Phi) is 14.4. The molecule has 1 N–H and O–H groups in total. The Morgan fingerprint density at radius 1 is 0.724 bits per heavy atom. The highest BCUT2D eigenvalue weighted by Crippen LogP contribution is 2.28. The minimum atomic E-state index is -0.173. The van der Waals surface area contributed by atoms with E-state index >= 15 is 0 Å². The number of unbranched alkanes of at least 4 members (excludes halogenated alkanes) is 14. The fraction of sp³-hybridized carbons (Fsp3) is 0.731. The molecule has 0 saturated heterocycles. The minimum Gasteiger partial charge on any atom is -0.508 e. The van der Waals surface area contributed by atoms with Crippen LogP contribution in [0.2, 0.25) is 0 Å². The van der Waals surface area contributed by atoms with E-state index in [4.69, 9.17) is 4.74 Å². The molecule has 0 unspecified atom stereocenters. The van der Waals surface area contributed by atoms with Gasteiger partial charge in [-0.3, -0.25) is 4.79 Å². The van der Waals surface area contributed by atoms with Crippen molar-refractivity contribution in [1.82, 2.24) is 0 Å². The standard InChI is InChI=1S/C26H44O3/c1-4-5-6-7-8-9-10-11-12-13-14-15-16-17-18-19-26(28)29-25-21-20-24(27)22(2)23(25)3/h20-21,27H,4-19H2,1-3H3. The number of carbonyl (C=O) groups excluding carboxylic acids is 1. The quantitative estimate of drug-likeness (QED) is 0.162. The van der Waals surface area contributed by atoms with Crippen molar-refractivity contribution >= 4 is 5.97 Å². The first-order valence-electron chi connectivity index (χ1n) is 12.1. The lowest BCUT2D eigenvalue weighted by Gasteiger charge is -2.10. The molecule has 0 aliphatic carbocycles. The molecule has 166 valence electrons. The molecule has 3 nitrogen and oxygen atoms in total. The van der Waals surface area contributed by atoms with Gasteiger partial charge in [-0.05, 0) is 43.5 Å². The van der Waals surface area contributed by atoms with Gasteiger partial charge in [-0.1, -0.05) is 96.8 Å². The zero-order valence-corrected chi connectivity index (χ0v) is 19.2. The zero-order valence-electron chi connectivity index (χ0n) is 19.2. The SMILES string of the molecule is CCCCCCCCCCCCCCCCCC(=O)Oc1ccc(O)c(C)c1C. The maximum absolute atomic E-state index is 12.0. The molecule has 0 aliphatic rings. The lowest BCUT2D eigenvalue weighted by molar-refractivity contribution is -0.134. The lowest BCUT2D eigenvalue weighted by atomic mass is 10.0. The molecule has 0 atom stereocenters. The fourth-order valence-electron chi connectivity index (χ4n) is 3.71. The summed E-state index contributed by atoms with van der Waals surface area (Å²) >= 11 is 0. The van der Waals surface area contributed by atoms with Gasteiger partial charge in [-0.2, -0.15) is 0 Å². The average molecular weight is 405 g/mol. The smallest absolute Gasteiger partial charge is 0.311 e. The highest BCUT2D eigenvalue weighted by Gasteiger charge is 2.10. The van der Waals surface area contributed by atoms with Gasteiger partial charge in [0.2, 0.25) is 0 Å². The van der Waals surface area contributed by atoms with Gasteiger partial charge in [0.15, 0.2) is 0 Å². The van der Waals surface area contributed by atoms with Crippen LogP contribution in [0.25, 0.3) is 0 Å². The molecule has 1 rings (SSSR count). The van der Waals surface area contributed by atoms with Crippen LogP contribution >= 0.6 is 0 Å². The number of hydrogen-bond acceptors (Lipinski definition) is 3. The van der Waals surface area contributed by atoms with Crippen molar-refractivity contribution in [3.63, 3.8) is 0 Å². The van der Waals surface area contributed by atoms with E-state index < -0.39 is 0 Å². The summed E-state index contributed by atoms with van der Waals surface area (Å²) in [6.07, 6.45) is 20.3. The van der Waals surface area contributed by atoms with Gasteiger partial charge in [0.25, 0.3) is 0 Å². The Morgan fingerprint density at radius 2 is 1.17 bits per heavy atom. The fourth-order valence-corrected chi connectivity index (χ4v) is 3.71. The van der Waals surface area contributed by atoms with Crippen LogP contribution in [-0.4, -0.2) is 11.1 Å². The molecular weight excluding hydrogens is 360 g/mol. The summed E-state index contributed by atoms with van der Waals surface area (Å²) in [4.78, 5) is 12.0. The first-order valence-corrected chi connectivity index (χ1v) is 12.1. The maximum Gasteiger partial charge on any atom is 0.311 e. The van der Waals surface area contributed by atoms with Crippen molar-refractivity contribution in [2.75, 3.05) is 0 Å². The van der Waals surface area contributed by atoms with Crippen molar-refractivity contribution in [2.45, 2.75) is 124 Å². The molecule has 0 bridgehead atoms. The van der Waals surface area contributed by atoms with Gasteiger partial charge < -0.3 is 9.84 Å². The van der Waals surface area contributed by atoms with Crippen LogP contribution < -0.4 is 4.74 Å². The van der Waals surface area contributed by atoms with E-state index in [-0.39, 0.29) is 11.7 Å². The molecule has 0 amide bonds. The molecule has 0 saturated carbocycles. The Balaban J connectivity index is 1.92. The van der Waals surface area contributed by atoms with E-state index in [0.717, 1.165) is 24.0 Å². The Hall–Kier alpha value is -1.51. The molecule has 1 aromatic rings. The van der Waals surface area contributed by atoms with E-state index in [1.165, 1.54) is 83.5 Å². The Bertz CT molecular complexity index is 565. The summed E-state index contributed by atoms with van der Waals surface area (Å²) in [5.74, 6) is 0.629. The van der Waals surface area contributed by atoms with Crippen molar-refractivity contribution in [2.24, 2.45) is 0 Å². The maximum atomic E-state index is 12.0. The third kappa shape index (κ3) is 11.9. The van der Waals surface area contributed by atoms with Crippen LogP contribution in [0.3, 0.4) is 0 Å². The van der Waals surface area contributed by atoms with Crippen LogP contribution in [0.1, 0.15) is 121 Å². The summed E-state index contributed by atoms with van der Waals surface area (Å²) < 4.78 is 5.45. The highest BCUT2D eigenvalue weighted by atomic mass is 16.5. The van der Waals surface area contributed by atoms with Gasteiger partial charge in [0.1, 0.15) is 11.5 Å². The van der Waals surface area contributed by atoms with Crippen LogP contribution in [0.15, 0.2) is 12.1 Å². The number of ether oxygens (including phenoxy) is 1. The third-order valence-electron chi connectivity index (χ3n) is 5.92. The molecule has 0 aliphatic heterocycles. The number of phenolic OH excluding ortho intramolecular Hbond substituents is 1. The van der Waals surface area contributed by atoms with E-state index in [1.807, 2.05) is 13.8 Å². The van der Waals surface area contributed by atoms with Gasteiger partial charge in [0.05, 0.1) is 0 Å². The summed E-state index contributed by atoms with van der Waals surface area (Å²) in [6, 6.07) is 3.25. The number of rotatable bonds is 17. The van der Waals surface area contributed by atoms with Gasteiger partial charge in [0, 0.05) is 6.42 Å². The third-order valence-corrected chi connectivity index (χ3v) is 5.92. The first kappa shape index (κ1) is 25.5. The predicted molar refractivity (Wildman–Crippen MR) is 123 cm³/mol. The second-order valence-electron chi connectivity index (χ2n) is 8.51. The number of phenols is 1. The van der Waals surface area contributed by atoms with Crippen LogP contribution in [0.4, 0.5) is 0 Å². The van der Waals surface area contributed by atoms with Crippen LogP contribution in [0, 0.1) is 13.8 Å². The minimum absolute atomic E-state index is 0.173. The highest BCUT2D eigenvalue weighted by molar-refractivity contribution is 5.73. The van der Waals surface area contributed by atoms with E-state index in [1.54, 1.807) is 12.1 Å².